The van der Waals surface area contributed by atoms with E-state index in [1.807, 2.05) is 6.07 Å². The number of carbonyl (C=O) groups excluding carboxylic acids is 1. The molecule has 0 bridgehead atoms. The minimum Gasteiger partial charge on any atom is -0.349 e. The molecule has 18 heavy (non-hydrogen) atoms. The number of amides is 1. The molecule has 2 fully saturated rings. The third kappa shape index (κ3) is 1.75. The van der Waals surface area contributed by atoms with E-state index in [1.54, 1.807) is 0 Å². The van der Waals surface area contributed by atoms with Gasteiger partial charge in [0.05, 0.1) is 6.04 Å². The van der Waals surface area contributed by atoms with E-state index in [2.05, 4.69) is 36.5 Å². The molecule has 1 aliphatic carbocycles. The van der Waals surface area contributed by atoms with Crippen molar-refractivity contribution in [1.29, 1.82) is 0 Å². The van der Waals surface area contributed by atoms with Crippen molar-refractivity contribution >= 4 is 5.91 Å². The van der Waals surface area contributed by atoms with Gasteiger partial charge in [-0.25, -0.2) is 0 Å². The average Bonchev–Trinajstić information content (AvgIpc) is 2.72. The molecule has 3 unspecified atom stereocenters. The zero-order valence-electron chi connectivity index (χ0n) is 11.0. The summed E-state index contributed by atoms with van der Waals surface area (Å²) in [6.07, 6.45) is 5.75. The Labute approximate surface area is 109 Å². The number of hydrogen-bond acceptors (Lipinski definition) is 1. The summed E-state index contributed by atoms with van der Waals surface area (Å²) in [6, 6.07) is 10.7. The average molecular weight is 243 g/mol. The fourth-order valence-electron chi connectivity index (χ4n) is 3.95. The summed E-state index contributed by atoms with van der Waals surface area (Å²) in [6.45, 7) is 2.33. The van der Waals surface area contributed by atoms with E-state index in [9.17, 15) is 4.79 Å². The Morgan fingerprint density at radius 2 is 2.00 bits per heavy atom. The third-order valence-electron chi connectivity index (χ3n) is 5.01. The second-order valence-electron chi connectivity index (χ2n) is 5.97. The van der Waals surface area contributed by atoms with Gasteiger partial charge in [-0.3, -0.25) is 4.79 Å². The lowest BCUT2D eigenvalue weighted by Crippen LogP contribution is -2.37. The molecule has 1 saturated heterocycles. The van der Waals surface area contributed by atoms with Gasteiger partial charge >= 0.3 is 0 Å². The van der Waals surface area contributed by atoms with E-state index in [4.69, 9.17) is 0 Å². The summed E-state index contributed by atoms with van der Waals surface area (Å²) in [5, 5.41) is 3.22. The van der Waals surface area contributed by atoms with Crippen LogP contribution in [0.4, 0.5) is 0 Å². The molecular weight excluding hydrogens is 222 g/mol. The minimum atomic E-state index is 0.163. The fraction of sp³-hybridized carbons (Fsp3) is 0.562. The number of rotatable bonds is 1. The van der Waals surface area contributed by atoms with Gasteiger partial charge in [0.1, 0.15) is 0 Å². The molecule has 1 heterocycles. The van der Waals surface area contributed by atoms with Gasteiger partial charge in [-0.1, -0.05) is 56.5 Å². The molecule has 96 valence electrons. The highest BCUT2D eigenvalue weighted by Gasteiger charge is 2.51. The van der Waals surface area contributed by atoms with Crippen molar-refractivity contribution in [2.75, 3.05) is 0 Å². The zero-order chi connectivity index (χ0) is 12.6. The maximum absolute atomic E-state index is 11.9. The molecule has 0 aromatic heterocycles. The monoisotopic (exact) mass is 243 g/mol. The van der Waals surface area contributed by atoms with Crippen LogP contribution in [0.3, 0.4) is 0 Å². The van der Waals surface area contributed by atoms with Crippen molar-refractivity contribution < 1.29 is 4.79 Å². The largest absolute Gasteiger partial charge is 0.349 e. The van der Waals surface area contributed by atoms with Gasteiger partial charge in [0.25, 0.3) is 0 Å². The summed E-state index contributed by atoms with van der Waals surface area (Å²) < 4.78 is 0. The van der Waals surface area contributed by atoms with Crippen LogP contribution in [0.25, 0.3) is 0 Å². The SMILES string of the molecule is CC1CCCCC12CC(=O)NC2c1ccccc1. The first-order chi connectivity index (χ1) is 8.72. The maximum atomic E-state index is 11.9. The molecular formula is C16H21NO. The van der Waals surface area contributed by atoms with E-state index < -0.39 is 0 Å². The molecule has 1 aliphatic heterocycles. The van der Waals surface area contributed by atoms with Crippen LogP contribution >= 0.6 is 0 Å². The lowest BCUT2D eigenvalue weighted by Gasteiger charge is -2.43. The van der Waals surface area contributed by atoms with Gasteiger partial charge in [0.15, 0.2) is 0 Å². The lowest BCUT2D eigenvalue weighted by molar-refractivity contribution is -0.120. The van der Waals surface area contributed by atoms with Gasteiger partial charge in [-0.05, 0) is 17.9 Å². The van der Waals surface area contributed by atoms with Gasteiger partial charge in [-0.2, -0.15) is 0 Å². The van der Waals surface area contributed by atoms with Crippen molar-refractivity contribution in [2.45, 2.75) is 45.1 Å². The molecule has 1 aromatic carbocycles. The first kappa shape index (κ1) is 11.8. The highest BCUT2D eigenvalue weighted by Crippen LogP contribution is 2.54. The van der Waals surface area contributed by atoms with E-state index in [-0.39, 0.29) is 17.4 Å². The summed E-state index contributed by atoms with van der Waals surface area (Å²) in [5.41, 5.74) is 1.44. The number of nitrogens with one attached hydrogen (secondary N) is 1. The topological polar surface area (TPSA) is 29.1 Å². The quantitative estimate of drug-likeness (QED) is 0.804. The summed E-state index contributed by atoms with van der Waals surface area (Å²) in [4.78, 5) is 11.9. The highest BCUT2D eigenvalue weighted by atomic mass is 16.2. The molecule has 1 N–H and O–H groups in total. The van der Waals surface area contributed by atoms with E-state index in [0.29, 0.717) is 12.3 Å². The molecule has 1 aromatic rings. The van der Waals surface area contributed by atoms with Crippen LogP contribution < -0.4 is 5.32 Å². The first-order valence-corrected chi connectivity index (χ1v) is 7.07. The predicted octanol–water partition coefficient (Wildman–Crippen LogP) is 3.44. The minimum absolute atomic E-state index is 0.163. The third-order valence-corrected chi connectivity index (χ3v) is 5.01. The van der Waals surface area contributed by atoms with E-state index in [0.717, 1.165) is 0 Å². The maximum Gasteiger partial charge on any atom is 0.221 e. The van der Waals surface area contributed by atoms with Crippen molar-refractivity contribution in [3.8, 4) is 0 Å². The Bertz CT molecular complexity index is 442. The lowest BCUT2D eigenvalue weighted by atomic mass is 9.61. The summed E-state index contributed by atoms with van der Waals surface area (Å²) >= 11 is 0. The van der Waals surface area contributed by atoms with Gasteiger partial charge < -0.3 is 5.32 Å². The molecule has 2 nitrogen and oxygen atoms in total. The van der Waals surface area contributed by atoms with Crippen molar-refractivity contribution in [3.63, 3.8) is 0 Å². The molecule has 1 saturated carbocycles. The Kier molecular flexibility index (Phi) is 2.89. The van der Waals surface area contributed by atoms with Crippen molar-refractivity contribution in [3.05, 3.63) is 35.9 Å². The van der Waals surface area contributed by atoms with Gasteiger partial charge in [0.2, 0.25) is 5.91 Å². The van der Waals surface area contributed by atoms with Crippen LogP contribution in [0.5, 0.6) is 0 Å². The van der Waals surface area contributed by atoms with Crippen molar-refractivity contribution in [1.82, 2.24) is 5.32 Å². The predicted molar refractivity (Wildman–Crippen MR) is 72.0 cm³/mol. The number of carbonyl (C=O) groups is 1. The Morgan fingerprint density at radius 3 is 2.72 bits per heavy atom. The molecule has 0 radical (unpaired) electrons. The van der Waals surface area contributed by atoms with E-state index in [1.165, 1.54) is 31.2 Å². The molecule has 2 heteroatoms. The van der Waals surface area contributed by atoms with Crippen LogP contribution in [0, 0.1) is 11.3 Å². The van der Waals surface area contributed by atoms with Gasteiger partial charge in [-0.15, -0.1) is 0 Å². The van der Waals surface area contributed by atoms with Crippen LogP contribution in [-0.2, 0) is 4.79 Å². The standard InChI is InChI=1S/C16H21NO/c1-12-7-5-6-10-16(12)11-14(18)17-15(16)13-8-3-2-4-9-13/h2-4,8-9,12,15H,5-7,10-11H2,1H3,(H,17,18). The Balaban J connectivity index is 1.99. The molecule has 2 aliphatic rings. The highest BCUT2D eigenvalue weighted by molar-refractivity contribution is 5.80. The number of benzene rings is 1. The molecule has 1 amide bonds. The number of hydrogen-bond donors (Lipinski definition) is 1. The van der Waals surface area contributed by atoms with Crippen LogP contribution in [0.2, 0.25) is 0 Å². The van der Waals surface area contributed by atoms with Crippen LogP contribution in [-0.4, -0.2) is 5.91 Å². The Morgan fingerprint density at radius 1 is 1.22 bits per heavy atom. The molecule has 1 spiro atoms. The normalized spacial score (nSPS) is 35.7. The molecule has 3 rings (SSSR count). The van der Waals surface area contributed by atoms with Crippen LogP contribution in [0.15, 0.2) is 30.3 Å². The first-order valence-electron chi connectivity index (χ1n) is 7.07. The zero-order valence-corrected chi connectivity index (χ0v) is 11.0. The second kappa shape index (κ2) is 4.42. The fourth-order valence-corrected chi connectivity index (χ4v) is 3.95. The summed E-state index contributed by atoms with van der Waals surface area (Å²) in [7, 11) is 0. The van der Waals surface area contributed by atoms with E-state index >= 15 is 0 Å². The van der Waals surface area contributed by atoms with Crippen molar-refractivity contribution in [2.24, 2.45) is 11.3 Å². The molecule has 3 atom stereocenters. The Hall–Kier alpha value is -1.31. The van der Waals surface area contributed by atoms with Gasteiger partial charge in [0, 0.05) is 11.8 Å². The smallest absolute Gasteiger partial charge is 0.221 e. The summed E-state index contributed by atoms with van der Waals surface area (Å²) in [5.74, 6) is 0.869. The second-order valence-corrected chi connectivity index (χ2v) is 5.97. The van der Waals surface area contributed by atoms with Crippen LogP contribution in [0.1, 0.15) is 50.6 Å².